The molecule has 0 N–H and O–H groups in total. The SMILES string of the molecule is CC/C=C/C=C/C=C/CCCCCCCC(=O)OC(COC(=O)CCCCCCCCCCC/C=C/C/C=C/C/C=C/CC)COP(=O)([O-])OCC[N+](C)(C)C. The molecule has 0 radical (unpaired) electrons. The van der Waals surface area contributed by atoms with Crippen LogP contribution in [0.5, 0.6) is 0 Å². The third-order valence-electron chi connectivity index (χ3n) is 8.78. The molecule has 2 unspecified atom stereocenters. The first-order chi connectivity index (χ1) is 27.0. The van der Waals surface area contributed by atoms with E-state index in [1.54, 1.807) is 0 Å². The average molecular weight is 806 g/mol. The van der Waals surface area contributed by atoms with Crippen LogP contribution in [-0.2, 0) is 32.7 Å². The van der Waals surface area contributed by atoms with Crippen LogP contribution < -0.4 is 4.89 Å². The molecule has 0 saturated heterocycles. The summed E-state index contributed by atoms with van der Waals surface area (Å²) in [6.45, 7) is 3.93. The lowest BCUT2D eigenvalue weighted by atomic mass is 10.1. The molecule has 56 heavy (non-hydrogen) atoms. The smallest absolute Gasteiger partial charge is 0.306 e. The third kappa shape index (κ3) is 41.1. The molecule has 0 amide bonds. The van der Waals surface area contributed by atoms with Crippen molar-refractivity contribution in [3.63, 3.8) is 0 Å². The molecule has 0 aliphatic heterocycles. The summed E-state index contributed by atoms with van der Waals surface area (Å²) in [5.74, 6) is -0.872. The number of esters is 2. The Hall–Kier alpha value is -2.55. The zero-order chi connectivity index (χ0) is 41.4. The van der Waals surface area contributed by atoms with E-state index < -0.39 is 32.5 Å². The predicted molar refractivity (Wildman–Crippen MR) is 231 cm³/mol. The fourth-order valence-electron chi connectivity index (χ4n) is 5.43. The number of hydrogen-bond acceptors (Lipinski definition) is 8. The van der Waals surface area contributed by atoms with Crippen molar-refractivity contribution >= 4 is 19.8 Å². The highest BCUT2D eigenvalue weighted by molar-refractivity contribution is 7.45. The van der Waals surface area contributed by atoms with Gasteiger partial charge >= 0.3 is 11.9 Å². The second kappa shape index (κ2) is 38.0. The molecule has 0 rings (SSSR count). The fourth-order valence-corrected chi connectivity index (χ4v) is 6.16. The first kappa shape index (κ1) is 53.5. The summed E-state index contributed by atoms with van der Waals surface area (Å²) in [6, 6.07) is 0. The molecule has 0 aromatic carbocycles. The molecule has 0 aliphatic rings. The van der Waals surface area contributed by atoms with E-state index in [0.29, 0.717) is 17.4 Å². The quantitative estimate of drug-likeness (QED) is 0.0151. The van der Waals surface area contributed by atoms with Crippen molar-refractivity contribution in [1.82, 2.24) is 0 Å². The zero-order valence-electron chi connectivity index (χ0n) is 36.1. The lowest BCUT2D eigenvalue weighted by Gasteiger charge is -2.28. The molecule has 0 aromatic rings. The van der Waals surface area contributed by atoms with Gasteiger partial charge in [-0.3, -0.25) is 14.2 Å². The molecular formula is C46H80NO8P. The van der Waals surface area contributed by atoms with E-state index in [-0.39, 0.29) is 26.1 Å². The Labute approximate surface area is 342 Å². The van der Waals surface area contributed by atoms with Gasteiger partial charge in [-0.1, -0.05) is 151 Å². The maximum absolute atomic E-state index is 12.6. The Morgan fingerprint density at radius 2 is 1.05 bits per heavy atom. The van der Waals surface area contributed by atoms with Crippen molar-refractivity contribution in [2.45, 2.75) is 161 Å². The highest BCUT2D eigenvalue weighted by Gasteiger charge is 2.21. The number of carbonyl (C=O) groups excluding carboxylic acids is 2. The highest BCUT2D eigenvalue weighted by atomic mass is 31.2. The van der Waals surface area contributed by atoms with Crippen molar-refractivity contribution in [3.05, 3.63) is 72.9 Å². The van der Waals surface area contributed by atoms with Gasteiger partial charge < -0.3 is 27.9 Å². The number of quaternary nitrogens is 1. The molecular weight excluding hydrogens is 725 g/mol. The molecule has 0 heterocycles. The largest absolute Gasteiger partial charge is 0.756 e. The maximum Gasteiger partial charge on any atom is 0.306 e. The van der Waals surface area contributed by atoms with Gasteiger partial charge in [0.15, 0.2) is 6.10 Å². The lowest BCUT2D eigenvalue weighted by molar-refractivity contribution is -0.870. The number of carbonyl (C=O) groups is 2. The van der Waals surface area contributed by atoms with Crippen LogP contribution in [0, 0.1) is 0 Å². The number of unbranched alkanes of at least 4 members (excludes halogenated alkanes) is 14. The van der Waals surface area contributed by atoms with Crippen LogP contribution in [0.2, 0.25) is 0 Å². The van der Waals surface area contributed by atoms with E-state index >= 15 is 0 Å². The van der Waals surface area contributed by atoms with Gasteiger partial charge in [0.2, 0.25) is 0 Å². The fraction of sp³-hybridized carbons (Fsp3) is 0.696. The Kier molecular flexibility index (Phi) is 36.3. The Morgan fingerprint density at radius 1 is 0.571 bits per heavy atom. The lowest BCUT2D eigenvalue weighted by Crippen LogP contribution is -2.37. The van der Waals surface area contributed by atoms with E-state index in [2.05, 4.69) is 68.5 Å². The van der Waals surface area contributed by atoms with Crippen molar-refractivity contribution < 1.29 is 42.1 Å². The Balaban J connectivity index is 4.36. The Morgan fingerprint density at radius 3 is 1.62 bits per heavy atom. The van der Waals surface area contributed by atoms with Gasteiger partial charge in [-0.25, -0.2) is 0 Å². The molecule has 322 valence electrons. The van der Waals surface area contributed by atoms with Crippen LogP contribution in [-0.4, -0.2) is 70.0 Å². The van der Waals surface area contributed by atoms with Crippen molar-refractivity contribution in [1.29, 1.82) is 0 Å². The van der Waals surface area contributed by atoms with E-state index in [9.17, 15) is 19.0 Å². The van der Waals surface area contributed by atoms with Gasteiger partial charge in [0.05, 0.1) is 27.7 Å². The molecule has 0 aromatic heterocycles. The van der Waals surface area contributed by atoms with Crippen LogP contribution in [0.3, 0.4) is 0 Å². The van der Waals surface area contributed by atoms with E-state index in [1.807, 2.05) is 39.4 Å². The minimum atomic E-state index is -4.63. The first-order valence-electron chi connectivity index (χ1n) is 21.7. The molecule has 2 atom stereocenters. The van der Waals surface area contributed by atoms with Gasteiger partial charge in [0.25, 0.3) is 7.82 Å². The maximum atomic E-state index is 12.6. The predicted octanol–water partition coefficient (Wildman–Crippen LogP) is 11.6. The normalized spacial score (nSPS) is 14.3. The minimum Gasteiger partial charge on any atom is -0.756 e. The molecule has 0 fully saturated rings. The van der Waals surface area contributed by atoms with Gasteiger partial charge in [0, 0.05) is 12.8 Å². The first-order valence-corrected chi connectivity index (χ1v) is 23.1. The minimum absolute atomic E-state index is 0.0397. The van der Waals surface area contributed by atoms with Gasteiger partial charge in [0.1, 0.15) is 19.8 Å². The highest BCUT2D eigenvalue weighted by Crippen LogP contribution is 2.38. The number of phosphoric ester groups is 1. The summed E-state index contributed by atoms with van der Waals surface area (Å²) in [4.78, 5) is 37.5. The number of phosphoric acid groups is 1. The van der Waals surface area contributed by atoms with E-state index in [1.165, 1.54) is 32.1 Å². The van der Waals surface area contributed by atoms with Crippen LogP contribution >= 0.6 is 7.82 Å². The van der Waals surface area contributed by atoms with Gasteiger partial charge in [-0.05, 0) is 64.2 Å². The topological polar surface area (TPSA) is 111 Å². The van der Waals surface area contributed by atoms with Crippen LogP contribution in [0.15, 0.2) is 72.9 Å². The second-order valence-corrected chi connectivity index (χ2v) is 16.8. The number of ether oxygens (including phenoxy) is 2. The van der Waals surface area contributed by atoms with Crippen LogP contribution in [0.1, 0.15) is 155 Å². The monoisotopic (exact) mass is 806 g/mol. The summed E-state index contributed by atoms with van der Waals surface area (Å²) in [5.41, 5.74) is 0. The van der Waals surface area contributed by atoms with Crippen LogP contribution in [0.4, 0.5) is 0 Å². The standard InChI is InChI=1S/C46H80NO8P/c1-6-8-10-12-14-16-18-20-21-22-23-24-25-27-28-30-32-34-36-38-45(48)52-42-44(43-54-56(50,51)53-41-40-47(3,4)5)55-46(49)39-37-35-33-31-29-26-19-17-15-13-11-9-7-2/h8-11,13-17,19-21,44H,6-7,12,18,22-43H2,1-5H3/b10-8+,11-9+,15-13+,16-14+,19-17+,21-20+. The number of hydrogen-bond donors (Lipinski definition) is 0. The summed E-state index contributed by atoms with van der Waals surface area (Å²) in [5, 5.41) is 0. The third-order valence-corrected chi connectivity index (χ3v) is 9.75. The number of nitrogens with zero attached hydrogens (tertiary/aromatic N) is 1. The molecule has 0 spiro atoms. The Bertz CT molecular complexity index is 1180. The molecule has 0 aliphatic carbocycles. The molecule has 10 heteroatoms. The molecule has 0 saturated carbocycles. The summed E-state index contributed by atoms with van der Waals surface area (Å²) in [6.07, 6.45) is 46.4. The molecule has 0 bridgehead atoms. The van der Waals surface area contributed by atoms with E-state index in [0.717, 1.165) is 89.9 Å². The number of likely N-dealkylation sites (N-methyl/N-ethyl adjacent to an activating group) is 1. The van der Waals surface area contributed by atoms with Crippen molar-refractivity contribution in [2.75, 3.05) is 47.5 Å². The summed E-state index contributed by atoms with van der Waals surface area (Å²) >= 11 is 0. The van der Waals surface area contributed by atoms with Crippen molar-refractivity contribution in [2.24, 2.45) is 0 Å². The van der Waals surface area contributed by atoms with Gasteiger partial charge in [-0.15, -0.1) is 0 Å². The number of rotatable bonds is 38. The average Bonchev–Trinajstić information content (AvgIpc) is 3.15. The van der Waals surface area contributed by atoms with Gasteiger partial charge in [-0.2, -0.15) is 0 Å². The number of allylic oxidation sites excluding steroid dienone is 12. The zero-order valence-corrected chi connectivity index (χ0v) is 36.9. The van der Waals surface area contributed by atoms with Crippen molar-refractivity contribution in [3.8, 4) is 0 Å². The second-order valence-electron chi connectivity index (χ2n) is 15.4. The summed E-state index contributed by atoms with van der Waals surface area (Å²) in [7, 11) is 1.13. The van der Waals surface area contributed by atoms with Crippen LogP contribution in [0.25, 0.3) is 0 Å². The van der Waals surface area contributed by atoms with E-state index in [4.69, 9.17) is 18.5 Å². The summed E-state index contributed by atoms with van der Waals surface area (Å²) < 4.78 is 33.8. The molecule has 9 nitrogen and oxygen atoms in total.